The highest BCUT2D eigenvalue weighted by atomic mass is 35.5. The lowest BCUT2D eigenvalue weighted by Gasteiger charge is -2.12. The van der Waals surface area contributed by atoms with E-state index in [-0.39, 0.29) is 5.91 Å². The Kier molecular flexibility index (Phi) is 9.11. The van der Waals surface area contributed by atoms with E-state index in [0.717, 1.165) is 17.1 Å². The maximum absolute atomic E-state index is 12.3. The number of thioether (sulfide) groups is 1. The lowest BCUT2D eigenvalue weighted by atomic mass is 10.2. The van der Waals surface area contributed by atoms with Crippen LogP contribution in [0.25, 0.3) is 0 Å². The summed E-state index contributed by atoms with van der Waals surface area (Å²) in [6, 6.07) is 10.7. The van der Waals surface area contributed by atoms with E-state index in [1.807, 2.05) is 26.0 Å². The van der Waals surface area contributed by atoms with Gasteiger partial charge in [-0.15, -0.1) is 0 Å². The molecule has 2 rings (SSSR count). The van der Waals surface area contributed by atoms with Crippen LogP contribution in [0.4, 0.5) is 0 Å². The molecule has 0 unspecified atom stereocenters. The summed E-state index contributed by atoms with van der Waals surface area (Å²) in [6.45, 7) is 5.42. The van der Waals surface area contributed by atoms with Crippen LogP contribution in [0, 0.1) is 0 Å². The second-order valence-corrected chi connectivity index (χ2v) is 7.52. The number of rotatable bonds is 10. The first-order chi connectivity index (χ1) is 13.0. The van der Waals surface area contributed by atoms with E-state index in [1.54, 1.807) is 36.0 Å². The van der Waals surface area contributed by atoms with Crippen molar-refractivity contribution in [3.05, 3.63) is 57.6 Å². The molecule has 0 aliphatic carbocycles. The monoisotopic (exact) mass is 427 g/mol. The van der Waals surface area contributed by atoms with Crippen molar-refractivity contribution in [2.45, 2.75) is 19.6 Å². The standard InChI is InChI=1S/C20H23Cl2NO3S/c1-3-25-18-8-6-14(11-19(18)26-4-2)20(24)23-9-10-27-13-15-5-7-16(21)12-17(15)22/h5-8,11-12H,3-4,9-10,13H2,1-2H3,(H,23,24). The molecular weight excluding hydrogens is 405 g/mol. The third-order valence-corrected chi connectivity index (χ3v) is 5.21. The second-order valence-electron chi connectivity index (χ2n) is 5.57. The van der Waals surface area contributed by atoms with Crippen LogP contribution in [0.2, 0.25) is 10.0 Å². The molecule has 2 aromatic carbocycles. The highest BCUT2D eigenvalue weighted by Gasteiger charge is 2.11. The maximum atomic E-state index is 12.3. The van der Waals surface area contributed by atoms with E-state index in [0.29, 0.717) is 46.9 Å². The van der Waals surface area contributed by atoms with Crippen LogP contribution < -0.4 is 14.8 Å². The van der Waals surface area contributed by atoms with E-state index in [4.69, 9.17) is 32.7 Å². The molecule has 0 spiro atoms. The summed E-state index contributed by atoms with van der Waals surface area (Å²) in [5, 5.41) is 4.21. The minimum absolute atomic E-state index is 0.135. The van der Waals surface area contributed by atoms with Gasteiger partial charge in [0.2, 0.25) is 0 Å². The molecule has 0 radical (unpaired) electrons. The molecule has 0 atom stereocenters. The van der Waals surface area contributed by atoms with Crippen LogP contribution >= 0.6 is 35.0 Å². The summed E-state index contributed by atoms with van der Waals surface area (Å²) in [7, 11) is 0. The van der Waals surface area contributed by atoms with Crippen LogP contribution in [-0.4, -0.2) is 31.4 Å². The van der Waals surface area contributed by atoms with Crippen LogP contribution in [0.1, 0.15) is 29.8 Å². The van der Waals surface area contributed by atoms with Crippen molar-refractivity contribution in [3.8, 4) is 11.5 Å². The van der Waals surface area contributed by atoms with Crippen molar-refractivity contribution >= 4 is 40.9 Å². The Labute approximate surface area is 174 Å². The largest absolute Gasteiger partial charge is 0.490 e. The molecule has 0 saturated heterocycles. The smallest absolute Gasteiger partial charge is 0.251 e. The van der Waals surface area contributed by atoms with Gasteiger partial charge in [0.1, 0.15) is 0 Å². The summed E-state index contributed by atoms with van der Waals surface area (Å²) >= 11 is 13.8. The summed E-state index contributed by atoms with van der Waals surface area (Å²) in [5.74, 6) is 2.64. The Morgan fingerprint density at radius 1 is 1.04 bits per heavy atom. The summed E-state index contributed by atoms with van der Waals surface area (Å²) in [4.78, 5) is 12.3. The number of hydrogen-bond donors (Lipinski definition) is 1. The van der Waals surface area contributed by atoms with Crippen molar-refractivity contribution in [1.29, 1.82) is 0 Å². The number of ether oxygens (including phenoxy) is 2. The predicted molar refractivity (Wildman–Crippen MR) is 114 cm³/mol. The molecular formula is C20H23Cl2NO3S. The fourth-order valence-electron chi connectivity index (χ4n) is 2.35. The number of carbonyl (C=O) groups is 1. The highest BCUT2D eigenvalue weighted by molar-refractivity contribution is 7.98. The average Bonchev–Trinajstić information content (AvgIpc) is 2.64. The molecule has 2 aromatic rings. The maximum Gasteiger partial charge on any atom is 0.251 e. The Hall–Kier alpha value is -1.56. The normalized spacial score (nSPS) is 10.5. The summed E-state index contributed by atoms with van der Waals surface area (Å²) in [5.41, 5.74) is 1.58. The van der Waals surface area contributed by atoms with Crippen molar-refractivity contribution < 1.29 is 14.3 Å². The fourth-order valence-corrected chi connectivity index (χ4v) is 3.77. The molecule has 1 N–H and O–H groups in total. The lowest BCUT2D eigenvalue weighted by molar-refractivity contribution is 0.0955. The van der Waals surface area contributed by atoms with E-state index >= 15 is 0 Å². The molecule has 4 nitrogen and oxygen atoms in total. The number of carbonyl (C=O) groups excluding carboxylic acids is 1. The summed E-state index contributed by atoms with van der Waals surface area (Å²) < 4.78 is 11.1. The third-order valence-electron chi connectivity index (χ3n) is 3.61. The van der Waals surface area contributed by atoms with Gasteiger partial charge >= 0.3 is 0 Å². The highest BCUT2D eigenvalue weighted by Crippen LogP contribution is 2.28. The first-order valence-electron chi connectivity index (χ1n) is 8.74. The first-order valence-corrected chi connectivity index (χ1v) is 10.7. The number of hydrogen-bond acceptors (Lipinski definition) is 4. The fraction of sp³-hybridized carbons (Fsp3) is 0.350. The lowest BCUT2D eigenvalue weighted by Crippen LogP contribution is -2.25. The zero-order chi connectivity index (χ0) is 19.6. The molecule has 0 aliphatic rings. The van der Waals surface area contributed by atoms with Crippen molar-refractivity contribution in [2.75, 3.05) is 25.5 Å². The Bertz CT molecular complexity index is 771. The van der Waals surface area contributed by atoms with E-state index in [1.165, 1.54) is 0 Å². The Morgan fingerprint density at radius 3 is 2.48 bits per heavy atom. The van der Waals surface area contributed by atoms with E-state index in [9.17, 15) is 4.79 Å². The third kappa shape index (κ3) is 6.83. The zero-order valence-electron chi connectivity index (χ0n) is 15.4. The van der Waals surface area contributed by atoms with E-state index < -0.39 is 0 Å². The number of halogens is 2. The molecule has 0 aromatic heterocycles. The van der Waals surface area contributed by atoms with Crippen LogP contribution in [-0.2, 0) is 5.75 Å². The topological polar surface area (TPSA) is 47.6 Å². The molecule has 0 bridgehead atoms. The van der Waals surface area contributed by atoms with Crippen molar-refractivity contribution in [3.63, 3.8) is 0 Å². The predicted octanol–water partition coefficient (Wildman–Crippen LogP) is 5.45. The Morgan fingerprint density at radius 2 is 1.78 bits per heavy atom. The molecule has 146 valence electrons. The average molecular weight is 428 g/mol. The number of benzene rings is 2. The molecule has 0 heterocycles. The molecule has 0 aliphatic heterocycles. The van der Waals surface area contributed by atoms with Gasteiger partial charge in [-0.25, -0.2) is 0 Å². The van der Waals surface area contributed by atoms with Gasteiger partial charge < -0.3 is 14.8 Å². The number of amides is 1. The van der Waals surface area contributed by atoms with Crippen molar-refractivity contribution in [2.24, 2.45) is 0 Å². The van der Waals surface area contributed by atoms with Crippen LogP contribution in [0.15, 0.2) is 36.4 Å². The number of nitrogens with one attached hydrogen (secondary N) is 1. The van der Waals surface area contributed by atoms with Gasteiger partial charge in [0.25, 0.3) is 5.91 Å². The van der Waals surface area contributed by atoms with Gasteiger partial charge in [-0.1, -0.05) is 29.3 Å². The molecule has 27 heavy (non-hydrogen) atoms. The first kappa shape index (κ1) is 21.7. The van der Waals surface area contributed by atoms with Gasteiger partial charge in [-0.2, -0.15) is 11.8 Å². The second kappa shape index (κ2) is 11.3. The van der Waals surface area contributed by atoms with Gasteiger partial charge in [0.05, 0.1) is 13.2 Å². The molecule has 0 fully saturated rings. The van der Waals surface area contributed by atoms with Gasteiger partial charge in [0.15, 0.2) is 11.5 Å². The molecule has 1 amide bonds. The van der Waals surface area contributed by atoms with Crippen LogP contribution in [0.5, 0.6) is 11.5 Å². The van der Waals surface area contributed by atoms with Gasteiger partial charge in [-0.3, -0.25) is 4.79 Å². The van der Waals surface area contributed by atoms with Gasteiger partial charge in [0, 0.05) is 33.7 Å². The van der Waals surface area contributed by atoms with Crippen LogP contribution in [0.3, 0.4) is 0 Å². The van der Waals surface area contributed by atoms with Crippen molar-refractivity contribution in [1.82, 2.24) is 5.32 Å². The van der Waals surface area contributed by atoms with E-state index in [2.05, 4.69) is 5.32 Å². The molecule has 7 heteroatoms. The minimum atomic E-state index is -0.135. The molecule has 0 saturated carbocycles. The SMILES string of the molecule is CCOc1ccc(C(=O)NCCSCc2ccc(Cl)cc2Cl)cc1OCC. The minimum Gasteiger partial charge on any atom is -0.490 e. The zero-order valence-corrected chi connectivity index (χ0v) is 17.7. The Balaban J connectivity index is 1.82. The summed E-state index contributed by atoms with van der Waals surface area (Å²) in [6.07, 6.45) is 0. The quantitative estimate of drug-likeness (QED) is 0.511. The van der Waals surface area contributed by atoms with Gasteiger partial charge in [-0.05, 0) is 49.7 Å².